The number of anilines is 2. The van der Waals surface area contributed by atoms with E-state index in [1.807, 2.05) is 6.07 Å². The van der Waals surface area contributed by atoms with Gasteiger partial charge in [-0.05, 0) is 12.1 Å². The summed E-state index contributed by atoms with van der Waals surface area (Å²) in [6.07, 6.45) is 1.51. The minimum absolute atomic E-state index is 0.0793. The largest absolute Gasteiger partial charge is 0.378 e. The molecule has 1 atom stereocenters. The number of morpholine rings is 1. The summed E-state index contributed by atoms with van der Waals surface area (Å²) >= 11 is 0. The van der Waals surface area contributed by atoms with Crippen molar-refractivity contribution in [2.75, 3.05) is 42.6 Å². The molecular formula is C13H18N4O4S. The second kappa shape index (κ2) is 5.82. The summed E-state index contributed by atoms with van der Waals surface area (Å²) in [7, 11) is -3.71. The molecule has 2 saturated heterocycles. The fraction of sp³-hybridized carbons (Fsp3) is 0.538. The Morgan fingerprint density at radius 1 is 1.27 bits per heavy atom. The first-order chi connectivity index (χ1) is 10.4. The van der Waals surface area contributed by atoms with Gasteiger partial charge in [-0.15, -0.1) is 0 Å². The lowest BCUT2D eigenvalue weighted by molar-refractivity contribution is -0.117. The zero-order valence-corrected chi connectivity index (χ0v) is 12.8. The van der Waals surface area contributed by atoms with Crippen molar-refractivity contribution in [1.29, 1.82) is 0 Å². The first kappa shape index (κ1) is 15.2. The van der Waals surface area contributed by atoms with Gasteiger partial charge in [0.05, 0.1) is 25.1 Å². The number of rotatable bonds is 3. The Hall–Kier alpha value is -1.71. The number of nitrogens with two attached hydrogens (primary N) is 1. The molecule has 1 unspecified atom stereocenters. The summed E-state index contributed by atoms with van der Waals surface area (Å²) in [6, 6.07) is 3.61. The van der Waals surface area contributed by atoms with Gasteiger partial charge >= 0.3 is 0 Å². The number of hydrogen-bond acceptors (Lipinski definition) is 6. The zero-order valence-electron chi connectivity index (χ0n) is 12.0. The Morgan fingerprint density at radius 3 is 2.55 bits per heavy atom. The average molecular weight is 326 g/mol. The van der Waals surface area contributed by atoms with Crippen LogP contribution in [0.25, 0.3) is 0 Å². The van der Waals surface area contributed by atoms with Crippen LogP contribution in [0.2, 0.25) is 0 Å². The topological polar surface area (TPSA) is 106 Å². The molecule has 0 saturated carbocycles. The molecule has 1 amide bonds. The summed E-state index contributed by atoms with van der Waals surface area (Å²) in [5.74, 6) is 0.571. The molecule has 0 aromatic carbocycles. The summed E-state index contributed by atoms with van der Waals surface area (Å²) in [4.78, 5) is 19.9. The summed E-state index contributed by atoms with van der Waals surface area (Å²) in [5, 5.41) is 4.28. The highest BCUT2D eigenvalue weighted by Gasteiger charge is 2.37. The fourth-order valence-corrected chi connectivity index (χ4v) is 3.39. The second-order valence-corrected chi connectivity index (χ2v) is 7.24. The van der Waals surface area contributed by atoms with Crippen LogP contribution in [-0.4, -0.2) is 57.4 Å². The number of pyridine rings is 1. The molecule has 9 heteroatoms. The minimum atomic E-state index is -3.71. The van der Waals surface area contributed by atoms with Crippen LogP contribution in [-0.2, 0) is 19.6 Å². The van der Waals surface area contributed by atoms with Gasteiger partial charge in [0, 0.05) is 26.1 Å². The van der Waals surface area contributed by atoms with Crippen LogP contribution in [0.4, 0.5) is 11.5 Å². The summed E-state index contributed by atoms with van der Waals surface area (Å²) in [5.41, 5.74) is 0.591. The number of sulfonamides is 1. The highest BCUT2D eigenvalue weighted by Crippen LogP contribution is 2.25. The first-order valence-electron chi connectivity index (χ1n) is 7.06. The third-order valence-corrected chi connectivity index (χ3v) is 5.18. The van der Waals surface area contributed by atoms with Gasteiger partial charge in [0.2, 0.25) is 15.9 Å². The molecule has 2 fully saturated rings. The van der Waals surface area contributed by atoms with Crippen LogP contribution in [0, 0.1) is 0 Å². The van der Waals surface area contributed by atoms with Gasteiger partial charge in [-0.25, -0.2) is 18.5 Å². The number of primary sulfonamides is 1. The maximum atomic E-state index is 12.0. The predicted molar refractivity (Wildman–Crippen MR) is 81.1 cm³/mol. The van der Waals surface area contributed by atoms with Crippen molar-refractivity contribution in [3.8, 4) is 0 Å². The number of carbonyl (C=O) groups excluding carboxylic acids is 1. The van der Waals surface area contributed by atoms with Gasteiger partial charge in [0.15, 0.2) is 0 Å². The SMILES string of the molecule is NS(=O)(=O)C1CC(=O)N(c2ccc(N3CCOCC3)nc2)C1. The predicted octanol–water partition coefficient (Wildman–Crippen LogP) is -0.688. The number of nitrogens with zero attached hydrogens (tertiary/aromatic N) is 3. The standard InChI is InChI=1S/C13H18N4O4S/c14-22(19,20)11-7-13(18)17(9-11)10-1-2-12(15-8-10)16-3-5-21-6-4-16/h1-2,8,11H,3-7,9H2,(H2,14,19,20). The van der Waals surface area contributed by atoms with Crippen LogP contribution in [0.15, 0.2) is 18.3 Å². The Labute approximate surface area is 128 Å². The van der Waals surface area contributed by atoms with Crippen LogP contribution >= 0.6 is 0 Å². The lowest BCUT2D eigenvalue weighted by atomic mass is 10.3. The van der Waals surface area contributed by atoms with Crippen molar-refractivity contribution in [2.45, 2.75) is 11.7 Å². The van der Waals surface area contributed by atoms with E-state index < -0.39 is 15.3 Å². The molecule has 3 rings (SSSR count). The molecule has 2 aliphatic heterocycles. The van der Waals surface area contributed by atoms with E-state index in [1.54, 1.807) is 12.3 Å². The highest BCUT2D eigenvalue weighted by atomic mass is 32.2. The molecule has 1 aromatic rings. The lowest BCUT2D eigenvalue weighted by Crippen LogP contribution is -2.36. The molecule has 0 radical (unpaired) electrons. The Balaban J connectivity index is 1.74. The molecule has 0 bridgehead atoms. The van der Waals surface area contributed by atoms with Crippen molar-refractivity contribution < 1.29 is 17.9 Å². The van der Waals surface area contributed by atoms with Crippen molar-refractivity contribution in [3.05, 3.63) is 18.3 Å². The van der Waals surface area contributed by atoms with Gasteiger partial charge in [-0.2, -0.15) is 0 Å². The third-order valence-electron chi connectivity index (χ3n) is 3.93. The van der Waals surface area contributed by atoms with Gasteiger partial charge in [0.25, 0.3) is 0 Å². The van der Waals surface area contributed by atoms with E-state index >= 15 is 0 Å². The molecule has 0 spiro atoms. The lowest BCUT2D eigenvalue weighted by Gasteiger charge is -2.28. The third kappa shape index (κ3) is 3.06. The van der Waals surface area contributed by atoms with Gasteiger partial charge in [-0.3, -0.25) is 4.79 Å². The monoisotopic (exact) mass is 326 g/mol. The highest BCUT2D eigenvalue weighted by molar-refractivity contribution is 7.89. The average Bonchev–Trinajstić information content (AvgIpc) is 2.90. The van der Waals surface area contributed by atoms with Crippen LogP contribution in [0.1, 0.15) is 6.42 Å². The molecule has 0 aliphatic carbocycles. The molecule has 3 heterocycles. The Kier molecular flexibility index (Phi) is 4.02. The molecule has 8 nitrogen and oxygen atoms in total. The number of carbonyl (C=O) groups is 1. The van der Waals surface area contributed by atoms with Crippen molar-refractivity contribution in [3.63, 3.8) is 0 Å². The fourth-order valence-electron chi connectivity index (χ4n) is 2.66. The van der Waals surface area contributed by atoms with Gasteiger partial charge in [-0.1, -0.05) is 0 Å². The normalized spacial score (nSPS) is 23.1. The van der Waals surface area contributed by atoms with Crippen molar-refractivity contribution in [2.24, 2.45) is 5.14 Å². The van der Waals surface area contributed by atoms with E-state index in [0.717, 1.165) is 18.9 Å². The quantitative estimate of drug-likeness (QED) is 0.788. The number of hydrogen-bond donors (Lipinski definition) is 1. The maximum absolute atomic E-state index is 12.0. The number of aromatic nitrogens is 1. The van der Waals surface area contributed by atoms with Crippen molar-refractivity contribution in [1.82, 2.24) is 4.98 Å². The van der Waals surface area contributed by atoms with Gasteiger partial charge < -0.3 is 14.5 Å². The van der Waals surface area contributed by atoms with Gasteiger partial charge in [0.1, 0.15) is 11.1 Å². The zero-order chi connectivity index (χ0) is 15.7. The molecule has 120 valence electrons. The van der Waals surface area contributed by atoms with Crippen LogP contribution in [0.5, 0.6) is 0 Å². The molecular weight excluding hydrogens is 308 g/mol. The minimum Gasteiger partial charge on any atom is -0.378 e. The van der Waals surface area contributed by atoms with E-state index in [9.17, 15) is 13.2 Å². The Bertz CT molecular complexity index is 655. The summed E-state index contributed by atoms with van der Waals surface area (Å²) in [6.45, 7) is 2.98. The molecule has 22 heavy (non-hydrogen) atoms. The smallest absolute Gasteiger partial charge is 0.228 e. The number of ether oxygens (including phenoxy) is 1. The van der Waals surface area contributed by atoms with Crippen LogP contribution in [0.3, 0.4) is 0 Å². The molecule has 2 aliphatic rings. The maximum Gasteiger partial charge on any atom is 0.228 e. The van der Waals surface area contributed by atoms with Crippen molar-refractivity contribution >= 4 is 27.4 Å². The van der Waals surface area contributed by atoms with E-state index in [-0.39, 0.29) is 18.9 Å². The van der Waals surface area contributed by atoms with E-state index in [4.69, 9.17) is 9.88 Å². The number of amides is 1. The van der Waals surface area contributed by atoms with E-state index in [0.29, 0.717) is 18.9 Å². The summed E-state index contributed by atoms with van der Waals surface area (Å²) < 4.78 is 28.1. The van der Waals surface area contributed by atoms with E-state index in [1.165, 1.54) is 4.90 Å². The van der Waals surface area contributed by atoms with Crippen LogP contribution < -0.4 is 14.9 Å². The molecule has 1 aromatic heterocycles. The Morgan fingerprint density at radius 2 is 2.00 bits per heavy atom. The second-order valence-electron chi connectivity index (χ2n) is 5.39. The molecule has 2 N–H and O–H groups in total. The first-order valence-corrected chi connectivity index (χ1v) is 8.67. The van der Waals surface area contributed by atoms with E-state index in [2.05, 4.69) is 9.88 Å².